The molecule has 2 aromatic carbocycles. The fraction of sp³-hybridized carbons (Fsp3) is 0.417. The lowest BCUT2D eigenvalue weighted by atomic mass is 9.92. The van der Waals surface area contributed by atoms with Crippen LogP contribution >= 0.6 is 0 Å². The number of aryl methyl sites for hydroxylation is 2. The van der Waals surface area contributed by atoms with Gasteiger partial charge in [0.25, 0.3) is 0 Å². The Morgan fingerprint density at radius 3 is 2.17 bits per heavy atom. The Morgan fingerprint density at radius 2 is 1.55 bits per heavy atom. The van der Waals surface area contributed by atoms with Crippen molar-refractivity contribution in [3.63, 3.8) is 0 Å². The molecule has 0 aliphatic carbocycles. The van der Waals surface area contributed by atoms with Crippen molar-refractivity contribution in [2.45, 2.75) is 47.0 Å². The number of carbonyl (C=O) groups excluding carboxylic acids is 2. The first-order valence-corrected chi connectivity index (χ1v) is 9.86. The van der Waals surface area contributed by atoms with E-state index in [0.717, 1.165) is 5.56 Å². The zero-order valence-electron chi connectivity index (χ0n) is 18.3. The molecule has 0 atom stereocenters. The van der Waals surface area contributed by atoms with Crippen LogP contribution in [0.1, 0.15) is 51.5 Å². The molecule has 0 bridgehead atoms. The molecule has 2 aromatic rings. The summed E-state index contributed by atoms with van der Waals surface area (Å²) in [6.45, 7) is 8.26. The van der Waals surface area contributed by atoms with Crippen LogP contribution in [0.5, 0.6) is 11.5 Å². The topological polar surface area (TPSA) is 64.6 Å². The van der Waals surface area contributed by atoms with Crippen molar-refractivity contribution in [2.75, 3.05) is 20.8 Å². The van der Waals surface area contributed by atoms with Crippen LogP contribution in [0.2, 0.25) is 0 Å². The third kappa shape index (κ3) is 5.59. The monoisotopic (exact) mass is 397 g/mol. The molecule has 1 N–H and O–H groups in total. The van der Waals surface area contributed by atoms with E-state index < -0.39 is 0 Å². The molecule has 0 fully saturated rings. The number of rotatable bonds is 9. The number of methoxy groups -OCH3 is 2. The number of carbonyl (C=O) groups is 2. The average molecular weight is 398 g/mol. The van der Waals surface area contributed by atoms with E-state index in [-0.39, 0.29) is 11.7 Å². The molecule has 0 aromatic heterocycles. The minimum absolute atomic E-state index is 0.0569. The normalized spacial score (nSPS) is 10.6. The average Bonchev–Trinajstić information content (AvgIpc) is 2.70. The van der Waals surface area contributed by atoms with Gasteiger partial charge in [-0.05, 0) is 73.6 Å². The second-order valence-corrected chi connectivity index (χ2v) is 7.31. The molecule has 2 rings (SSSR count). The minimum atomic E-state index is -0.0939. The van der Waals surface area contributed by atoms with Crippen molar-refractivity contribution < 1.29 is 19.1 Å². The predicted molar refractivity (Wildman–Crippen MR) is 115 cm³/mol. The van der Waals surface area contributed by atoms with Gasteiger partial charge in [0.2, 0.25) is 5.91 Å². The first-order valence-electron chi connectivity index (χ1n) is 9.86. The number of benzene rings is 2. The molecule has 0 spiro atoms. The number of nitrogens with one attached hydrogen (secondary N) is 1. The van der Waals surface area contributed by atoms with Crippen molar-refractivity contribution in [2.24, 2.45) is 0 Å². The third-order valence-corrected chi connectivity index (χ3v) is 5.47. The highest BCUT2D eigenvalue weighted by molar-refractivity contribution is 5.98. The molecule has 0 heterocycles. The smallest absolute Gasteiger partial charge is 0.216 e. The van der Waals surface area contributed by atoms with Crippen LogP contribution in [0.3, 0.4) is 0 Å². The third-order valence-electron chi connectivity index (χ3n) is 5.47. The van der Waals surface area contributed by atoms with E-state index in [2.05, 4.69) is 38.2 Å². The highest BCUT2D eigenvalue weighted by atomic mass is 16.5. The maximum Gasteiger partial charge on any atom is 0.216 e. The Hall–Kier alpha value is -2.82. The number of ether oxygens (including phenoxy) is 2. The van der Waals surface area contributed by atoms with Crippen molar-refractivity contribution in [3.8, 4) is 11.5 Å². The molecule has 5 nitrogen and oxygen atoms in total. The van der Waals surface area contributed by atoms with Gasteiger partial charge >= 0.3 is 0 Å². The molecule has 5 heteroatoms. The Kier molecular flexibility index (Phi) is 7.82. The standard InChI is InChI=1S/C24H31NO4/c1-15-7-8-19(17(3)16(15)2)9-10-22(27)21-14-24(29-6)23(28-5)13-20(21)11-12-25-18(4)26/h7-8,13-14H,9-12H2,1-6H3,(H,25,26). The highest BCUT2D eigenvalue weighted by Crippen LogP contribution is 2.32. The fourth-order valence-electron chi connectivity index (χ4n) is 3.43. The number of Topliss-reactive ketones (excluding diaryl/α,β-unsaturated/α-hetero) is 1. The summed E-state index contributed by atoms with van der Waals surface area (Å²) in [5.41, 5.74) is 6.44. The van der Waals surface area contributed by atoms with Crippen LogP contribution in [-0.4, -0.2) is 32.5 Å². The lowest BCUT2D eigenvalue weighted by molar-refractivity contribution is -0.118. The minimum Gasteiger partial charge on any atom is -0.493 e. The quantitative estimate of drug-likeness (QED) is 0.647. The molecule has 29 heavy (non-hydrogen) atoms. The van der Waals surface area contributed by atoms with E-state index in [9.17, 15) is 9.59 Å². The highest BCUT2D eigenvalue weighted by Gasteiger charge is 2.17. The number of ketones is 1. The van der Waals surface area contributed by atoms with Gasteiger partial charge in [0.05, 0.1) is 14.2 Å². The van der Waals surface area contributed by atoms with E-state index in [1.165, 1.54) is 29.2 Å². The van der Waals surface area contributed by atoms with Crippen LogP contribution < -0.4 is 14.8 Å². The Balaban J connectivity index is 2.26. The molecular weight excluding hydrogens is 366 g/mol. The van der Waals surface area contributed by atoms with E-state index in [1.54, 1.807) is 20.3 Å². The fourth-order valence-corrected chi connectivity index (χ4v) is 3.43. The summed E-state index contributed by atoms with van der Waals surface area (Å²) in [6.07, 6.45) is 1.64. The maximum absolute atomic E-state index is 13.1. The van der Waals surface area contributed by atoms with Crippen molar-refractivity contribution in [3.05, 3.63) is 57.6 Å². The SMILES string of the molecule is COc1cc(CCNC(C)=O)c(C(=O)CCc2ccc(C)c(C)c2C)cc1OC. The largest absolute Gasteiger partial charge is 0.493 e. The lowest BCUT2D eigenvalue weighted by Crippen LogP contribution is -2.23. The van der Waals surface area contributed by atoms with Gasteiger partial charge in [-0.2, -0.15) is 0 Å². The van der Waals surface area contributed by atoms with Gasteiger partial charge in [0.15, 0.2) is 17.3 Å². The van der Waals surface area contributed by atoms with Crippen LogP contribution in [0, 0.1) is 20.8 Å². The van der Waals surface area contributed by atoms with E-state index in [1.807, 2.05) is 6.07 Å². The molecule has 0 aliphatic rings. The molecular formula is C24H31NO4. The van der Waals surface area contributed by atoms with E-state index in [0.29, 0.717) is 42.9 Å². The molecule has 1 amide bonds. The van der Waals surface area contributed by atoms with Gasteiger partial charge in [-0.15, -0.1) is 0 Å². The van der Waals surface area contributed by atoms with E-state index >= 15 is 0 Å². The molecule has 0 aliphatic heterocycles. The molecule has 0 radical (unpaired) electrons. The van der Waals surface area contributed by atoms with Gasteiger partial charge < -0.3 is 14.8 Å². The Morgan fingerprint density at radius 1 is 0.897 bits per heavy atom. The van der Waals surface area contributed by atoms with Gasteiger partial charge in [0, 0.05) is 25.5 Å². The zero-order chi connectivity index (χ0) is 21.6. The summed E-state index contributed by atoms with van der Waals surface area (Å²) in [7, 11) is 3.13. The van der Waals surface area contributed by atoms with Crippen LogP contribution in [0.25, 0.3) is 0 Å². The van der Waals surface area contributed by atoms with Gasteiger partial charge in [-0.3, -0.25) is 9.59 Å². The second-order valence-electron chi connectivity index (χ2n) is 7.31. The summed E-state index contributed by atoms with van der Waals surface area (Å²) < 4.78 is 10.8. The lowest BCUT2D eigenvalue weighted by Gasteiger charge is -2.15. The molecule has 0 saturated heterocycles. The summed E-state index contributed by atoms with van der Waals surface area (Å²) in [5.74, 6) is 1.07. The first kappa shape index (κ1) is 22.5. The summed E-state index contributed by atoms with van der Waals surface area (Å²) in [5, 5.41) is 2.78. The van der Waals surface area contributed by atoms with Crippen molar-refractivity contribution >= 4 is 11.7 Å². The van der Waals surface area contributed by atoms with Gasteiger partial charge in [-0.1, -0.05) is 12.1 Å². The summed E-state index contributed by atoms with van der Waals surface area (Å²) in [6, 6.07) is 7.79. The van der Waals surface area contributed by atoms with E-state index in [4.69, 9.17) is 9.47 Å². The van der Waals surface area contributed by atoms with Gasteiger partial charge in [-0.25, -0.2) is 0 Å². The number of amides is 1. The predicted octanol–water partition coefficient (Wildman–Crippen LogP) is 4.12. The summed E-state index contributed by atoms with van der Waals surface area (Å²) >= 11 is 0. The number of hydrogen-bond acceptors (Lipinski definition) is 4. The van der Waals surface area contributed by atoms with Crippen LogP contribution in [0.4, 0.5) is 0 Å². The van der Waals surface area contributed by atoms with Crippen LogP contribution in [-0.2, 0) is 17.6 Å². The Labute approximate surface area is 173 Å². The van der Waals surface area contributed by atoms with Crippen LogP contribution in [0.15, 0.2) is 24.3 Å². The summed E-state index contributed by atoms with van der Waals surface area (Å²) in [4.78, 5) is 24.3. The Bertz CT molecular complexity index is 902. The van der Waals surface area contributed by atoms with Crippen molar-refractivity contribution in [1.82, 2.24) is 5.32 Å². The zero-order valence-corrected chi connectivity index (χ0v) is 18.3. The molecule has 0 unspecified atom stereocenters. The van der Waals surface area contributed by atoms with Gasteiger partial charge in [0.1, 0.15) is 0 Å². The first-order chi connectivity index (χ1) is 13.8. The maximum atomic E-state index is 13.1. The number of hydrogen-bond donors (Lipinski definition) is 1. The molecule has 156 valence electrons. The van der Waals surface area contributed by atoms with Crippen molar-refractivity contribution in [1.29, 1.82) is 0 Å². The molecule has 0 saturated carbocycles. The second kappa shape index (κ2) is 10.1.